The van der Waals surface area contributed by atoms with Crippen molar-refractivity contribution < 1.29 is 14.3 Å². The van der Waals surface area contributed by atoms with Gasteiger partial charge in [-0.1, -0.05) is 18.2 Å². The second kappa shape index (κ2) is 6.03. The SMILES string of the molecule is O=C(Cn1ccc2ccccc2c1=O)N1CCC2(CC1)OCCO2. The summed E-state index contributed by atoms with van der Waals surface area (Å²) < 4.78 is 12.8. The van der Waals surface area contributed by atoms with Crippen LogP contribution in [0.3, 0.4) is 0 Å². The lowest BCUT2D eigenvalue weighted by atomic mass is 10.0. The molecule has 0 unspecified atom stereocenters. The van der Waals surface area contributed by atoms with Crippen molar-refractivity contribution in [3.05, 3.63) is 46.9 Å². The summed E-state index contributed by atoms with van der Waals surface area (Å²) >= 11 is 0. The van der Waals surface area contributed by atoms with Crippen LogP contribution in [-0.4, -0.2) is 47.5 Å². The molecule has 0 saturated carbocycles. The van der Waals surface area contributed by atoms with E-state index >= 15 is 0 Å². The molecule has 1 aromatic heterocycles. The van der Waals surface area contributed by atoms with E-state index in [2.05, 4.69) is 0 Å². The monoisotopic (exact) mass is 328 g/mol. The van der Waals surface area contributed by atoms with Gasteiger partial charge in [0.05, 0.1) is 13.2 Å². The molecule has 4 rings (SSSR count). The second-order valence-electron chi connectivity index (χ2n) is 6.32. The summed E-state index contributed by atoms with van der Waals surface area (Å²) in [5.74, 6) is -0.531. The molecule has 3 heterocycles. The Bertz CT molecular complexity index is 813. The Hall–Kier alpha value is -2.18. The van der Waals surface area contributed by atoms with Gasteiger partial charge in [-0.15, -0.1) is 0 Å². The Labute approximate surface area is 139 Å². The highest BCUT2D eigenvalue weighted by Gasteiger charge is 2.40. The van der Waals surface area contributed by atoms with Crippen LogP contribution in [0.15, 0.2) is 41.3 Å². The van der Waals surface area contributed by atoms with Crippen molar-refractivity contribution in [1.29, 1.82) is 0 Å². The van der Waals surface area contributed by atoms with Crippen LogP contribution < -0.4 is 5.56 Å². The number of fused-ring (bicyclic) bond motifs is 1. The van der Waals surface area contributed by atoms with Crippen molar-refractivity contribution in [3.63, 3.8) is 0 Å². The lowest BCUT2D eigenvalue weighted by Crippen LogP contribution is -2.48. The zero-order chi connectivity index (χ0) is 16.6. The van der Waals surface area contributed by atoms with Crippen LogP contribution in [0, 0.1) is 0 Å². The number of ether oxygens (including phenoxy) is 2. The first-order chi connectivity index (χ1) is 11.7. The molecule has 0 aliphatic carbocycles. The molecule has 24 heavy (non-hydrogen) atoms. The number of rotatable bonds is 2. The Morgan fingerprint density at radius 3 is 2.54 bits per heavy atom. The molecular weight excluding hydrogens is 308 g/mol. The van der Waals surface area contributed by atoms with Gasteiger partial charge in [-0.3, -0.25) is 9.59 Å². The number of likely N-dealkylation sites (tertiary alicyclic amines) is 1. The molecule has 0 radical (unpaired) electrons. The Morgan fingerprint density at radius 2 is 1.79 bits per heavy atom. The fraction of sp³-hybridized carbons (Fsp3) is 0.444. The molecule has 2 saturated heterocycles. The molecular formula is C18H20N2O4. The summed E-state index contributed by atoms with van der Waals surface area (Å²) in [4.78, 5) is 26.8. The molecule has 0 bridgehead atoms. The van der Waals surface area contributed by atoms with Crippen molar-refractivity contribution in [2.45, 2.75) is 25.2 Å². The highest BCUT2D eigenvalue weighted by atomic mass is 16.7. The van der Waals surface area contributed by atoms with Gasteiger partial charge in [0.15, 0.2) is 5.79 Å². The standard InChI is InChI=1S/C18H20N2O4/c21-16(19-9-6-18(7-10-19)23-11-12-24-18)13-20-8-5-14-3-1-2-4-15(14)17(20)22/h1-5,8H,6-7,9-13H2. The zero-order valence-electron chi connectivity index (χ0n) is 13.4. The Kier molecular flexibility index (Phi) is 3.86. The largest absolute Gasteiger partial charge is 0.347 e. The van der Waals surface area contributed by atoms with Crippen LogP contribution in [0.4, 0.5) is 0 Å². The van der Waals surface area contributed by atoms with Crippen LogP contribution >= 0.6 is 0 Å². The first-order valence-electron chi connectivity index (χ1n) is 8.31. The smallest absolute Gasteiger partial charge is 0.258 e. The average Bonchev–Trinajstić information content (AvgIpc) is 3.06. The van der Waals surface area contributed by atoms with E-state index in [4.69, 9.17) is 9.47 Å². The third kappa shape index (κ3) is 2.72. The normalized spacial score (nSPS) is 19.9. The zero-order valence-corrected chi connectivity index (χ0v) is 13.4. The highest BCUT2D eigenvalue weighted by Crippen LogP contribution is 2.31. The summed E-state index contributed by atoms with van der Waals surface area (Å²) in [7, 11) is 0. The van der Waals surface area contributed by atoms with E-state index in [0.29, 0.717) is 44.5 Å². The predicted octanol–water partition coefficient (Wildman–Crippen LogP) is 1.37. The number of amides is 1. The van der Waals surface area contributed by atoms with Crippen LogP contribution in [0.1, 0.15) is 12.8 Å². The van der Waals surface area contributed by atoms with E-state index in [1.54, 1.807) is 17.2 Å². The lowest BCUT2D eigenvalue weighted by molar-refractivity contribution is -0.187. The summed E-state index contributed by atoms with van der Waals surface area (Å²) in [6.07, 6.45) is 3.06. The number of nitrogens with zero attached hydrogens (tertiary/aromatic N) is 2. The first-order valence-corrected chi connectivity index (χ1v) is 8.31. The maximum Gasteiger partial charge on any atom is 0.258 e. The Balaban J connectivity index is 1.47. The van der Waals surface area contributed by atoms with Gasteiger partial charge in [0, 0.05) is 37.5 Å². The van der Waals surface area contributed by atoms with Crippen LogP contribution in [0.25, 0.3) is 10.8 Å². The van der Waals surface area contributed by atoms with Crippen molar-refractivity contribution in [1.82, 2.24) is 9.47 Å². The highest BCUT2D eigenvalue weighted by molar-refractivity contribution is 5.82. The third-order valence-corrected chi connectivity index (χ3v) is 4.88. The van der Waals surface area contributed by atoms with Crippen molar-refractivity contribution in [3.8, 4) is 0 Å². The molecule has 2 aromatic rings. The number of carbonyl (C=O) groups excluding carboxylic acids is 1. The third-order valence-electron chi connectivity index (χ3n) is 4.88. The van der Waals surface area contributed by atoms with Crippen LogP contribution in [0.2, 0.25) is 0 Å². The minimum Gasteiger partial charge on any atom is -0.347 e. The minimum absolute atomic E-state index is 0.0415. The molecule has 126 valence electrons. The van der Waals surface area contributed by atoms with Crippen LogP contribution in [-0.2, 0) is 20.8 Å². The van der Waals surface area contributed by atoms with Gasteiger partial charge in [0.25, 0.3) is 5.56 Å². The van der Waals surface area contributed by atoms with E-state index in [1.807, 2.05) is 24.3 Å². The number of benzene rings is 1. The molecule has 1 aromatic carbocycles. The van der Waals surface area contributed by atoms with Gasteiger partial charge in [0.1, 0.15) is 6.54 Å². The van der Waals surface area contributed by atoms with Gasteiger partial charge in [-0.25, -0.2) is 0 Å². The summed E-state index contributed by atoms with van der Waals surface area (Å²) in [5.41, 5.74) is -0.127. The van der Waals surface area contributed by atoms with Gasteiger partial charge >= 0.3 is 0 Å². The fourth-order valence-electron chi connectivity index (χ4n) is 3.48. The molecule has 6 nitrogen and oxygen atoms in total. The first kappa shape index (κ1) is 15.4. The second-order valence-corrected chi connectivity index (χ2v) is 6.32. The van der Waals surface area contributed by atoms with E-state index in [0.717, 1.165) is 5.39 Å². The van der Waals surface area contributed by atoms with Crippen molar-refractivity contribution in [2.75, 3.05) is 26.3 Å². The topological polar surface area (TPSA) is 60.8 Å². The number of hydrogen-bond donors (Lipinski definition) is 0. The van der Waals surface area contributed by atoms with Gasteiger partial charge in [-0.2, -0.15) is 0 Å². The van der Waals surface area contributed by atoms with Crippen molar-refractivity contribution >= 4 is 16.7 Å². The van der Waals surface area contributed by atoms with Crippen LogP contribution in [0.5, 0.6) is 0 Å². The van der Waals surface area contributed by atoms with Gasteiger partial charge in [0.2, 0.25) is 5.91 Å². The number of hydrogen-bond acceptors (Lipinski definition) is 4. The molecule has 6 heteroatoms. The summed E-state index contributed by atoms with van der Waals surface area (Å²) in [5, 5.41) is 1.53. The number of carbonyl (C=O) groups is 1. The summed E-state index contributed by atoms with van der Waals surface area (Å²) in [6, 6.07) is 9.29. The predicted molar refractivity (Wildman–Crippen MR) is 88.7 cm³/mol. The van der Waals surface area contributed by atoms with Crippen molar-refractivity contribution in [2.24, 2.45) is 0 Å². The fourth-order valence-corrected chi connectivity index (χ4v) is 3.48. The van der Waals surface area contributed by atoms with E-state index in [1.165, 1.54) is 4.57 Å². The summed E-state index contributed by atoms with van der Waals surface area (Å²) in [6.45, 7) is 2.52. The quantitative estimate of drug-likeness (QED) is 0.835. The number of pyridine rings is 1. The molecule has 1 spiro atoms. The molecule has 1 amide bonds. The molecule has 0 N–H and O–H groups in total. The lowest BCUT2D eigenvalue weighted by Gasteiger charge is -2.37. The molecule has 0 atom stereocenters. The Morgan fingerprint density at radius 1 is 1.08 bits per heavy atom. The maximum absolute atomic E-state index is 12.5. The number of piperidine rings is 1. The van der Waals surface area contributed by atoms with E-state index < -0.39 is 5.79 Å². The minimum atomic E-state index is -0.490. The van der Waals surface area contributed by atoms with E-state index in [-0.39, 0.29) is 18.0 Å². The van der Waals surface area contributed by atoms with E-state index in [9.17, 15) is 9.59 Å². The average molecular weight is 328 g/mol. The van der Waals surface area contributed by atoms with Gasteiger partial charge < -0.3 is 18.9 Å². The molecule has 2 aliphatic rings. The number of aromatic nitrogens is 1. The molecule has 2 fully saturated rings. The molecule has 2 aliphatic heterocycles. The van der Waals surface area contributed by atoms with Gasteiger partial charge in [-0.05, 0) is 17.5 Å². The maximum atomic E-state index is 12.5.